The third-order valence-corrected chi connectivity index (χ3v) is 4.72. The van der Waals surface area contributed by atoms with E-state index in [1.165, 1.54) is 4.88 Å². The normalized spacial score (nSPS) is 12.2. The smallest absolute Gasteiger partial charge is 0.242 e. The number of aromatic nitrogens is 3. The monoisotopic (exact) mass is 318 g/mol. The maximum atomic E-state index is 12.2. The first-order valence-corrected chi connectivity index (χ1v) is 8.26. The Hall–Kier alpha value is -1.99. The van der Waals surface area contributed by atoms with E-state index in [-0.39, 0.29) is 18.5 Å². The van der Waals surface area contributed by atoms with Crippen molar-refractivity contribution >= 4 is 28.6 Å². The number of carbonyl (C=O) groups is 1. The molecule has 3 aromatic rings. The molecule has 7 heteroatoms. The molecule has 0 saturated carbocycles. The lowest BCUT2D eigenvalue weighted by molar-refractivity contribution is -0.122. The summed E-state index contributed by atoms with van der Waals surface area (Å²) in [5, 5.41) is 12.0. The molecule has 0 spiro atoms. The third kappa shape index (κ3) is 3.77. The summed E-state index contributed by atoms with van der Waals surface area (Å²) >= 11 is 3.25. The van der Waals surface area contributed by atoms with Crippen LogP contribution in [-0.2, 0) is 17.8 Å². The molecule has 0 radical (unpaired) electrons. The number of thiophene rings is 1. The summed E-state index contributed by atoms with van der Waals surface area (Å²) < 4.78 is 1.61. The van der Waals surface area contributed by atoms with Crippen molar-refractivity contribution in [3.63, 3.8) is 0 Å². The van der Waals surface area contributed by atoms with Gasteiger partial charge < -0.3 is 5.32 Å². The highest BCUT2D eigenvalue weighted by Gasteiger charge is 2.18. The maximum absolute atomic E-state index is 12.2. The van der Waals surface area contributed by atoms with E-state index in [9.17, 15) is 4.79 Å². The molecular weight excluding hydrogens is 304 g/mol. The Labute approximate surface area is 130 Å². The van der Waals surface area contributed by atoms with E-state index in [2.05, 4.69) is 21.5 Å². The highest BCUT2D eigenvalue weighted by Crippen LogP contribution is 2.22. The number of carbonyl (C=O) groups excluding carboxylic acids is 1. The molecule has 0 aliphatic heterocycles. The van der Waals surface area contributed by atoms with Gasteiger partial charge in [-0.15, -0.1) is 22.7 Å². The topological polar surface area (TPSA) is 59.8 Å². The molecule has 0 aliphatic carbocycles. The van der Waals surface area contributed by atoms with Crippen LogP contribution in [0.15, 0.2) is 47.5 Å². The molecule has 0 fully saturated rings. The Bertz CT molecular complexity index is 662. The number of nitrogens with one attached hydrogen (secondary N) is 1. The lowest BCUT2D eigenvalue weighted by Gasteiger charge is -2.16. The molecule has 3 rings (SSSR count). The summed E-state index contributed by atoms with van der Waals surface area (Å²) in [7, 11) is 0. The van der Waals surface area contributed by atoms with Crippen LogP contribution in [0.3, 0.4) is 0 Å². The minimum atomic E-state index is -0.0910. The molecule has 0 unspecified atom stereocenters. The van der Waals surface area contributed by atoms with Crippen molar-refractivity contribution in [1.29, 1.82) is 0 Å². The summed E-state index contributed by atoms with van der Waals surface area (Å²) in [6.45, 7) is 0.222. The van der Waals surface area contributed by atoms with Gasteiger partial charge in [0.15, 0.2) is 0 Å². The zero-order valence-corrected chi connectivity index (χ0v) is 12.8. The number of rotatable bonds is 6. The first-order chi connectivity index (χ1) is 10.3. The number of nitrogens with zero attached hydrogens (tertiary/aromatic N) is 3. The van der Waals surface area contributed by atoms with E-state index in [0.29, 0.717) is 0 Å². The summed E-state index contributed by atoms with van der Waals surface area (Å²) in [5.41, 5.74) is 0. The molecule has 1 atom stereocenters. The van der Waals surface area contributed by atoms with E-state index in [1.54, 1.807) is 52.0 Å². The molecule has 0 aliphatic rings. The van der Waals surface area contributed by atoms with Gasteiger partial charge in [-0.05, 0) is 17.5 Å². The van der Waals surface area contributed by atoms with Gasteiger partial charge in [-0.1, -0.05) is 6.07 Å². The number of hydrogen-bond donors (Lipinski definition) is 1. The SMILES string of the molecule is O=C(Cn1cccn1)N[C@H](Cc1cccs1)c1nccs1. The lowest BCUT2D eigenvalue weighted by Crippen LogP contribution is -2.32. The summed E-state index contributed by atoms with van der Waals surface area (Å²) in [5.74, 6) is -0.0598. The van der Waals surface area contributed by atoms with Gasteiger partial charge in [0, 0.05) is 35.3 Å². The Kier molecular flexibility index (Phi) is 4.42. The predicted molar refractivity (Wildman–Crippen MR) is 83.2 cm³/mol. The van der Waals surface area contributed by atoms with Gasteiger partial charge >= 0.3 is 0 Å². The van der Waals surface area contributed by atoms with Crippen LogP contribution in [0.1, 0.15) is 15.9 Å². The zero-order valence-electron chi connectivity index (χ0n) is 11.2. The van der Waals surface area contributed by atoms with Gasteiger partial charge in [0.05, 0.1) is 6.04 Å². The Balaban J connectivity index is 1.68. The molecule has 1 amide bonds. The quantitative estimate of drug-likeness (QED) is 0.759. The van der Waals surface area contributed by atoms with E-state index >= 15 is 0 Å². The van der Waals surface area contributed by atoms with Crippen molar-refractivity contribution in [2.45, 2.75) is 19.0 Å². The third-order valence-electron chi connectivity index (χ3n) is 2.93. The molecule has 5 nitrogen and oxygen atoms in total. The van der Waals surface area contributed by atoms with Crippen LogP contribution in [0.4, 0.5) is 0 Å². The maximum Gasteiger partial charge on any atom is 0.242 e. The average Bonchev–Trinajstić information content (AvgIpc) is 3.22. The largest absolute Gasteiger partial charge is 0.345 e. The van der Waals surface area contributed by atoms with E-state index < -0.39 is 0 Å². The molecule has 21 heavy (non-hydrogen) atoms. The standard InChI is InChI=1S/C14H14N4OS2/c19-13(10-18-6-2-4-16-18)17-12(14-15-5-8-21-14)9-11-3-1-7-20-11/h1-8,12H,9-10H2,(H,17,19)/t12-/m1/s1. The summed E-state index contributed by atoms with van der Waals surface area (Å²) in [6.07, 6.45) is 5.96. The van der Waals surface area contributed by atoms with Crippen LogP contribution in [0, 0.1) is 0 Å². The van der Waals surface area contributed by atoms with Crippen molar-refractivity contribution in [2.75, 3.05) is 0 Å². The average molecular weight is 318 g/mol. The highest BCUT2D eigenvalue weighted by molar-refractivity contribution is 7.10. The van der Waals surface area contributed by atoms with Crippen LogP contribution in [0.5, 0.6) is 0 Å². The van der Waals surface area contributed by atoms with Gasteiger partial charge in [0.25, 0.3) is 0 Å². The highest BCUT2D eigenvalue weighted by atomic mass is 32.1. The van der Waals surface area contributed by atoms with Crippen LogP contribution < -0.4 is 5.32 Å². The Morgan fingerprint density at radius 3 is 2.90 bits per heavy atom. The fraction of sp³-hybridized carbons (Fsp3) is 0.214. The fourth-order valence-corrected chi connectivity index (χ4v) is 3.46. The van der Waals surface area contributed by atoms with E-state index in [0.717, 1.165) is 11.4 Å². The molecule has 0 aromatic carbocycles. The van der Waals surface area contributed by atoms with Crippen molar-refractivity contribution in [3.8, 4) is 0 Å². The van der Waals surface area contributed by atoms with Crippen LogP contribution >= 0.6 is 22.7 Å². The second-order valence-corrected chi connectivity index (χ2v) is 6.44. The van der Waals surface area contributed by atoms with Gasteiger partial charge in [-0.3, -0.25) is 9.48 Å². The van der Waals surface area contributed by atoms with E-state index in [1.807, 2.05) is 16.8 Å². The Morgan fingerprint density at radius 2 is 2.24 bits per heavy atom. The summed E-state index contributed by atoms with van der Waals surface area (Å²) in [4.78, 5) is 17.7. The molecule has 108 valence electrons. The molecule has 3 aromatic heterocycles. The first-order valence-electron chi connectivity index (χ1n) is 6.50. The molecular formula is C14H14N4OS2. The minimum absolute atomic E-state index is 0.0598. The van der Waals surface area contributed by atoms with Crippen molar-refractivity contribution < 1.29 is 4.79 Å². The first kappa shape index (κ1) is 14.0. The predicted octanol–water partition coefficient (Wildman–Crippen LogP) is 2.50. The van der Waals surface area contributed by atoms with Gasteiger partial charge in [-0.25, -0.2) is 4.98 Å². The van der Waals surface area contributed by atoms with Crippen LogP contribution in [-0.4, -0.2) is 20.7 Å². The molecule has 3 heterocycles. The second kappa shape index (κ2) is 6.64. The number of thiazole rings is 1. The number of hydrogen-bond acceptors (Lipinski definition) is 5. The van der Waals surface area contributed by atoms with Crippen molar-refractivity contribution in [1.82, 2.24) is 20.1 Å². The van der Waals surface area contributed by atoms with Crippen LogP contribution in [0.25, 0.3) is 0 Å². The van der Waals surface area contributed by atoms with Gasteiger partial charge in [-0.2, -0.15) is 5.10 Å². The molecule has 0 saturated heterocycles. The summed E-state index contributed by atoms with van der Waals surface area (Å²) in [6, 6.07) is 5.80. The zero-order chi connectivity index (χ0) is 14.5. The number of amides is 1. The lowest BCUT2D eigenvalue weighted by atomic mass is 10.2. The van der Waals surface area contributed by atoms with Gasteiger partial charge in [0.1, 0.15) is 11.6 Å². The van der Waals surface area contributed by atoms with Crippen molar-refractivity contribution in [2.24, 2.45) is 0 Å². The van der Waals surface area contributed by atoms with E-state index in [4.69, 9.17) is 0 Å². The van der Waals surface area contributed by atoms with Crippen LogP contribution in [0.2, 0.25) is 0 Å². The second-order valence-electron chi connectivity index (χ2n) is 4.48. The molecule has 0 bridgehead atoms. The molecule has 1 N–H and O–H groups in total. The van der Waals surface area contributed by atoms with Gasteiger partial charge in [0.2, 0.25) is 5.91 Å². The fourth-order valence-electron chi connectivity index (χ4n) is 2.02. The minimum Gasteiger partial charge on any atom is -0.345 e. The van der Waals surface area contributed by atoms with Crippen molar-refractivity contribution in [3.05, 3.63) is 57.4 Å². The Morgan fingerprint density at radius 1 is 1.29 bits per heavy atom.